The van der Waals surface area contributed by atoms with Gasteiger partial charge >= 0.3 is 11.9 Å². The fourth-order valence-corrected chi connectivity index (χ4v) is 6.02. The van der Waals surface area contributed by atoms with Gasteiger partial charge in [-0.3, -0.25) is 9.36 Å². The molecule has 1 atom stereocenters. The zero-order chi connectivity index (χ0) is 28.4. The Balaban J connectivity index is 1.90. The number of carboxylic acid groups (broad SMARTS) is 1. The molecule has 0 saturated heterocycles. The van der Waals surface area contributed by atoms with Crippen LogP contribution in [0.5, 0.6) is 11.5 Å². The Kier molecular flexibility index (Phi) is 8.77. The number of carbonyl (C=O) groups is 2. The Morgan fingerprint density at radius 3 is 2.54 bits per heavy atom. The van der Waals surface area contributed by atoms with Crippen molar-refractivity contribution >= 4 is 61.2 Å². The van der Waals surface area contributed by atoms with Crippen molar-refractivity contribution in [2.24, 2.45) is 4.99 Å². The van der Waals surface area contributed by atoms with Crippen molar-refractivity contribution in [3.05, 3.63) is 87.4 Å². The highest BCUT2D eigenvalue weighted by molar-refractivity contribution is 9.10. The topological polar surface area (TPSA) is 116 Å². The summed E-state index contributed by atoms with van der Waals surface area (Å²) in [6, 6.07) is 9.62. The van der Waals surface area contributed by atoms with Crippen molar-refractivity contribution in [3.63, 3.8) is 0 Å². The minimum absolute atomic E-state index is 0.252. The van der Waals surface area contributed by atoms with Crippen LogP contribution in [0.2, 0.25) is 0 Å². The van der Waals surface area contributed by atoms with Crippen molar-refractivity contribution in [1.29, 1.82) is 0 Å². The number of fused-ring (bicyclic) bond motifs is 1. The third-order valence-corrected chi connectivity index (χ3v) is 7.77. The van der Waals surface area contributed by atoms with Crippen molar-refractivity contribution < 1.29 is 28.9 Å². The molecule has 2 aromatic carbocycles. The Hall–Kier alpha value is -3.22. The summed E-state index contributed by atoms with van der Waals surface area (Å²) in [5.41, 5.74) is 1.65. The van der Waals surface area contributed by atoms with Crippen molar-refractivity contribution in [1.82, 2.24) is 4.57 Å². The fraction of sp³-hybridized carbons (Fsp3) is 0.259. The number of halogens is 2. The number of thiazole rings is 1. The van der Waals surface area contributed by atoms with Gasteiger partial charge in [0.25, 0.3) is 5.56 Å². The summed E-state index contributed by atoms with van der Waals surface area (Å²) in [5, 5.41) is 8.86. The quantitative estimate of drug-likeness (QED) is 0.355. The number of allylic oxidation sites excluding steroid dienone is 1. The Morgan fingerprint density at radius 1 is 1.18 bits per heavy atom. The zero-order valence-electron chi connectivity index (χ0n) is 21.4. The Morgan fingerprint density at radius 2 is 1.90 bits per heavy atom. The molecule has 1 aromatic heterocycles. The molecule has 1 aliphatic heterocycles. The number of carbonyl (C=O) groups excluding carboxylic acids is 1. The summed E-state index contributed by atoms with van der Waals surface area (Å²) in [4.78, 5) is 43.0. The molecule has 4 rings (SSSR count). The summed E-state index contributed by atoms with van der Waals surface area (Å²) in [6.45, 7) is 4.76. The first kappa shape index (κ1) is 28.8. The van der Waals surface area contributed by atoms with Gasteiger partial charge in [-0.2, -0.15) is 0 Å². The third kappa shape index (κ3) is 6.18. The third-order valence-electron chi connectivity index (χ3n) is 5.68. The molecule has 2 heterocycles. The lowest BCUT2D eigenvalue weighted by atomic mass is 9.95. The summed E-state index contributed by atoms with van der Waals surface area (Å²) in [6.07, 6.45) is 1.34. The summed E-state index contributed by atoms with van der Waals surface area (Å²) < 4.78 is 19.6. The molecule has 12 heteroatoms. The number of nitrogens with zero attached hydrogens (tertiary/aromatic N) is 2. The zero-order valence-corrected chi connectivity index (χ0v) is 25.3. The average molecular weight is 680 g/mol. The number of aromatic nitrogens is 1. The second-order valence-electron chi connectivity index (χ2n) is 8.79. The first-order valence-corrected chi connectivity index (χ1v) is 14.1. The van der Waals surface area contributed by atoms with Crippen LogP contribution in [-0.4, -0.2) is 41.4 Å². The van der Waals surface area contributed by atoms with E-state index in [4.69, 9.17) is 19.3 Å². The molecule has 1 N–H and O–H groups in total. The van der Waals surface area contributed by atoms with Crippen LogP contribution in [0.25, 0.3) is 6.08 Å². The predicted octanol–water partition coefficient (Wildman–Crippen LogP) is 4.18. The van der Waals surface area contributed by atoms with Crippen molar-refractivity contribution in [3.8, 4) is 11.5 Å². The van der Waals surface area contributed by atoms with Crippen molar-refractivity contribution in [2.45, 2.75) is 32.9 Å². The fourth-order valence-electron chi connectivity index (χ4n) is 4.09. The van der Waals surface area contributed by atoms with Gasteiger partial charge in [0.2, 0.25) is 0 Å². The number of aliphatic carboxylic acids is 1. The van der Waals surface area contributed by atoms with Gasteiger partial charge in [-0.25, -0.2) is 14.6 Å². The van der Waals surface area contributed by atoms with Gasteiger partial charge in [0, 0.05) is 10.0 Å². The number of benzene rings is 2. The molecular weight excluding hydrogens is 656 g/mol. The minimum atomic E-state index is -1.09. The van der Waals surface area contributed by atoms with Gasteiger partial charge in [-0.15, -0.1) is 0 Å². The molecule has 39 heavy (non-hydrogen) atoms. The lowest BCUT2D eigenvalue weighted by molar-refractivity contribution is -0.143. The van der Waals surface area contributed by atoms with E-state index in [0.29, 0.717) is 42.1 Å². The van der Waals surface area contributed by atoms with E-state index in [9.17, 15) is 14.4 Å². The maximum atomic E-state index is 13.9. The highest BCUT2D eigenvalue weighted by Gasteiger charge is 2.35. The van der Waals surface area contributed by atoms with E-state index < -0.39 is 24.6 Å². The first-order valence-electron chi connectivity index (χ1n) is 11.7. The Labute approximate surface area is 244 Å². The average Bonchev–Trinajstić information content (AvgIpc) is 3.16. The number of carboxylic acids is 1. The summed E-state index contributed by atoms with van der Waals surface area (Å²) in [5.74, 6) is -0.783. The lowest BCUT2D eigenvalue weighted by Crippen LogP contribution is -2.40. The highest BCUT2D eigenvalue weighted by atomic mass is 79.9. The second-order valence-corrected chi connectivity index (χ2v) is 11.6. The SMILES string of the molecule is COc1ccc(Br)cc1[C@@H]1C(C(=O)OC(C)C)=C(C)N=c2s/c(=C\c3ccc(OCC(=O)O)c(Br)c3)c(=O)n21. The van der Waals surface area contributed by atoms with E-state index in [1.54, 1.807) is 51.1 Å². The monoisotopic (exact) mass is 678 g/mol. The molecule has 204 valence electrons. The van der Waals surface area contributed by atoms with E-state index in [1.165, 1.54) is 23.0 Å². The number of esters is 1. The van der Waals surface area contributed by atoms with Crippen LogP contribution in [0.1, 0.15) is 37.9 Å². The molecular formula is C27H24Br2N2O7S. The van der Waals surface area contributed by atoms with Crippen LogP contribution in [0.4, 0.5) is 0 Å². The molecule has 1 aliphatic rings. The van der Waals surface area contributed by atoms with Crippen LogP contribution in [0.3, 0.4) is 0 Å². The normalized spacial score (nSPS) is 15.2. The molecule has 0 fully saturated rings. The maximum Gasteiger partial charge on any atom is 0.341 e. The molecule has 0 amide bonds. The second kappa shape index (κ2) is 11.9. The van der Waals surface area contributed by atoms with Crippen LogP contribution in [0.15, 0.2) is 66.4 Å². The number of hydrogen-bond donors (Lipinski definition) is 1. The molecule has 0 spiro atoms. The van der Waals surface area contributed by atoms with E-state index in [0.717, 1.165) is 4.47 Å². The van der Waals surface area contributed by atoms with E-state index in [1.807, 2.05) is 12.1 Å². The van der Waals surface area contributed by atoms with Gasteiger partial charge in [0.05, 0.1) is 33.5 Å². The van der Waals surface area contributed by atoms with Gasteiger partial charge < -0.3 is 19.3 Å². The molecule has 9 nitrogen and oxygen atoms in total. The number of ether oxygens (including phenoxy) is 3. The number of hydrogen-bond acceptors (Lipinski definition) is 8. The molecule has 0 unspecified atom stereocenters. The van der Waals surface area contributed by atoms with Crippen LogP contribution >= 0.6 is 43.2 Å². The minimum Gasteiger partial charge on any atom is -0.496 e. The largest absolute Gasteiger partial charge is 0.496 e. The van der Waals surface area contributed by atoms with E-state index >= 15 is 0 Å². The van der Waals surface area contributed by atoms with Crippen LogP contribution < -0.4 is 24.4 Å². The highest BCUT2D eigenvalue weighted by Crippen LogP contribution is 2.37. The molecule has 0 aliphatic carbocycles. The lowest BCUT2D eigenvalue weighted by Gasteiger charge is -2.26. The van der Waals surface area contributed by atoms with Crippen LogP contribution in [-0.2, 0) is 14.3 Å². The molecule has 0 saturated carbocycles. The van der Waals surface area contributed by atoms with Gasteiger partial charge in [0.15, 0.2) is 11.4 Å². The molecule has 3 aromatic rings. The predicted molar refractivity (Wildman–Crippen MR) is 153 cm³/mol. The van der Waals surface area contributed by atoms with Gasteiger partial charge in [-0.1, -0.05) is 33.3 Å². The van der Waals surface area contributed by atoms with Crippen molar-refractivity contribution in [2.75, 3.05) is 13.7 Å². The summed E-state index contributed by atoms with van der Waals surface area (Å²) >= 11 is 8.08. The first-order chi connectivity index (χ1) is 18.5. The van der Waals surface area contributed by atoms with E-state index in [-0.39, 0.29) is 17.2 Å². The molecule has 0 radical (unpaired) electrons. The van der Waals surface area contributed by atoms with Crippen LogP contribution in [0, 0.1) is 0 Å². The van der Waals surface area contributed by atoms with Gasteiger partial charge in [-0.05, 0) is 78.7 Å². The smallest absolute Gasteiger partial charge is 0.341 e. The van der Waals surface area contributed by atoms with Gasteiger partial charge in [0.1, 0.15) is 17.5 Å². The van der Waals surface area contributed by atoms with E-state index in [2.05, 4.69) is 36.9 Å². The number of methoxy groups -OCH3 is 1. The summed E-state index contributed by atoms with van der Waals surface area (Å²) in [7, 11) is 1.53. The number of rotatable bonds is 8. The molecule has 0 bridgehead atoms. The Bertz CT molecular complexity index is 1670. The maximum absolute atomic E-state index is 13.9. The standard InChI is InChI=1S/C27H24Br2N2O7S/c1-13(2)38-26(35)23-14(3)30-27-31(24(23)17-11-16(28)6-8-19(17)36-4)25(34)21(39-27)10-15-5-7-20(18(29)9-15)37-12-22(32)33/h5-11,13,24H,12H2,1-4H3,(H,32,33)/b21-10-/t24-/m1/s1.